The molecule has 0 atom stereocenters. The number of hydrogen-bond acceptors (Lipinski definition) is 2. The van der Waals surface area contributed by atoms with Crippen LogP contribution in [0.1, 0.15) is 0 Å². The first-order valence-corrected chi connectivity index (χ1v) is 10.7. The second-order valence-electron chi connectivity index (χ2n) is 8.08. The van der Waals surface area contributed by atoms with Gasteiger partial charge in [-0.15, -0.1) is 0 Å². The molecule has 0 aliphatic heterocycles. The number of benzene rings is 3. The first-order valence-electron chi connectivity index (χ1n) is 10.7. The van der Waals surface area contributed by atoms with Gasteiger partial charge in [0.15, 0.2) is 0 Å². The Kier molecular flexibility index (Phi) is 3.52. The molecule has 2 N–H and O–H groups in total. The molecule has 150 valence electrons. The van der Waals surface area contributed by atoms with Gasteiger partial charge in [-0.1, -0.05) is 60.7 Å². The van der Waals surface area contributed by atoms with Crippen molar-refractivity contribution in [3.63, 3.8) is 0 Å². The molecular weight excluding hydrogens is 392 g/mol. The molecule has 0 fully saturated rings. The van der Waals surface area contributed by atoms with Gasteiger partial charge in [0, 0.05) is 56.1 Å². The van der Waals surface area contributed by atoms with Crippen LogP contribution in [-0.4, -0.2) is 19.9 Å². The largest absolute Gasteiger partial charge is 0.353 e. The third-order valence-electron chi connectivity index (χ3n) is 6.29. The van der Waals surface area contributed by atoms with Crippen LogP contribution >= 0.6 is 0 Å². The number of aromatic nitrogens is 4. The summed E-state index contributed by atoms with van der Waals surface area (Å²) < 4.78 is 0. The van der Waals surface area contributed by atoms with E-state index in [1.54, 1.807) is 0 Å². The molecule has 0 unspecified atom stereocenters. The van der Waals surface area contributed by atoms with Crippen molar-refractivity contribution < 1.29 is 0 Å². The standard InChI is InChI=1S/C28H18N4/c1-3-7-23-19(5-1)21-13-15-29-25(27(21)31-23)17-9-11-18(12-10-17)26-28-22(14-16-30-26)20-6-2-4-8-24(20)32-28/h1-16,31-32H. The summed E-state index contributed by atoms with van der Waals surface area (Å²) in [6.45, 7) is 0. The molecular formula is C28H18N4. The number of rotatable bonds is 2. The van der Waals surface area contributed by atoms with Crippen LogP contribution in [0.5, 0.6) is 0 Å². The minimum absolute atomic E-state index is 0.960. The molecule has 4 aromatic heterocycles. The predicted octanol–water partition coefficient (Wildman–Crippen LogP) is 7.08. The van der Waals surface area contributed by atoms with E-state index in [9.17, 15) is 0 Å². The molecule has 7 rings (SSSR count). The summed E-state index contributed by atoms with van der Waals surface area (Å²) in [5, 5.41) is 4.83. The highest BCUT2D eigenvalue weighted by Gasteiger charge is 2.13. The van der Waals surface area contributed by atoms with E-state index < -0.39 is 0 Å². The Bertz CT molecular complexity index is 1640. The lowest BCUT2D eigenvalue weighted by molar-refractivity contribution is 1.33. The van der Waals surface area contributed by atoms with Crippen molar-refractivity contribution in [2.24, 2.45) is 0 Å². The number of H-pyrrole nitrogens is 2. The highest BCUT2D eigenvalue weighted by atomic mass is 14.8. The van der Waals surface area contributed by atoms with Crippen LogP contribution < -0.4 is 0 Å². The zero-order valence-corrected chi connectivity index (χ0v) is 17.1. The molecule has 7 aromatic rings. The van der Waals surface area contributed by atoms with E-state index in [4.69, 9.17) is 9.97 Å². The van der Waals surface area contributed by atoms with Crippen molar-refractivity contribution >= 4 is 43.6 Å². The Labute approximate surface area is 183 Å². The minimum atomic E-state index is 0.960. The molecule has 0 bridgehead atoms. The summed E-state index contributed by atoms with van der Waals surface area (Å²) in [7, 11) is 0. The molecule has 4 heteroatoms. The van der Waals surface area contributed by atoms with Gasteiger partial charge >= 0.3 is 0 Å². The SMILES string of the molecule is c1ccc2c(c1)[nH]c1c(-c3ccc(-c4nccc5c4[nH]c4ccccc45)cc3)nccc12. The number of aromatic amines is 2. The van der Waals surface area contributed by atoms with E-state index >= 15 is 0 Å². The monoisotopic (exact) mass is 410 g/mol. The normalized spacial score (nSPS) is 11.8. The van der Waals surface area contributed by atoms with Gasteiger partial charge in [-0.25, -0.2) is 0 Å². The van der Waals surface area contributed by atoms with E-state index in [2.05, 4.69) is 94.9 Å². The Morgan fingerprint density at radius 1 is 0.438 bits per heavy atom. The Morgan fingerprint density at radius 3 is 1.34 bits per heavy atom. The van der Waals surface area contributed by atoms with Crippen LogP contribution in [0.2, 0.25) is 0 Å². The van der Waals surface area contributed by atoms with Crippen molar-refractivity contribution in [2.45, 2.75) is 0 Å². The fraction of sp³-hybridized carbons (Fsp3) is 0. The summed E-state index contributed by atoms with van der Waals surface area (Å²) in [6, 6.07) is 29.4. The summed E-state index contributed by atoms with van der Waals surface area (Å²) in [5.41, 5.74) is 8.47. The van der Waals surface area contributed by atoms with E-state index in [1.807, 2.05) is 12.4 Å². The Hall–Kier alpha value is -4.44. The Balaban J connectivity index is 1.38. The maximum Gasteiger partial charge on any atom is 0.0943 e. The maximum atomic E-state index is 4.70. The third kappa shape index (κ3) is 2.44. The predicted molar refractivity (Wildman–Crippen MR) is 132 cm³/mol. The number of para-hydroxylation sites is 2. The molecule has 0 saturated carbocycles. The zero-order chi connectivity index (χ0) is 21.1. The average molecular weight is 410 g/mol. The highest BCUT2D eigenvalue weighted by Crippen LogP contribution is 2.34. The number of nitrogens with zero attached hydrogens (tertiary/aromatic N) is 2. The molecule has 0 saturated heterocycles. The fourth-order valence-corrected chi connectivity index (χ4v) is 4.77. The molecule has 0 spiro atoms. The van der Waals surface area contributed by atoms with Crippen molar-refractivity contribution in [1.82, 2.24) is 19.9 Å². The van der Waals surface area contributed by atoms with Gasteiger partial charge in [0.05, 0.1) is 22.4 Å². The van der Waals surface area contributed by atoms with Crippen molar-refractivity contribution in [1.29, 1.82) is 0 Å². The van der Waals surface area contributed by atoms with Crippen molar-refractivity contribution in [3.8, 4) is 22.5 Å². The second-order valence-corrected chi connectivity index (χ2v) is 8.08. The van der Waals surface area contributed by atoms with Crippen LogP contribution in [0.25, 0.3) is 66.1 Å². The molecule has 32 heavy (non-hydrogen) atoms. The molecule has 4 nitrogen and oxygen atoms in total. The van der Waals surface area contributed by atoms with Gasteiger partial charge in [-0.3, -0.25) is 9.97 Å². The number of nitrogens with one attached hydrogen (secondary N) is 2. The maximum absolute atomic E-state index is 4.70. The van der Waals surface area contributed by atoms with Gasteiger partial charge in [-0.05, 0) is 24.3 Å². The smallest absolute Gasteiger partial charge is 0.0943 e. The number of hydrogen-bond donors (Lipinski definition) is 2. The molecule has 0 aliphatic carbocycles. The lowest BCUT2D eigenvalue weighted by Gasteiger charge is -2.06. The summed E-state index contributed by atoms with van der Waals surface area (Å²) in [6.07, 6.45) is 3.78. The van der Waals surface area contributed by atoms with Crippen LogP contribution in [0, 0.1) is 0 Å². The van der Waals surface area contributed by atoms with Gasteiger partial charge in [0.25, 0.3) is 0 Å². The lowest BCUT2D eigenvalue weighted by Crippen LogP contribution is -1.88. The second kappa shape index (κ2) is 6.53. The average Bonchev–Trinajstić information content (AvgIpc) is 3.42. The topological polar surface area (TPSA) is 57.4 Å². The van der Waals surface area contributed by atoms with Crippen LogP contribution in [-0.2, 0) is 0 Å². The Morgan fingerprint density at radius 2 is 0.875 bits per heavy atom. The van der Waals surface area contributed by atoms with Crippen LogP contribution in [0.4, 0.5) is 0 Å². The van der Waals surface area contributed by atoms with Crippen molar-refractivity contribution in [3.05, 3.63) is 97.3 Å². The number of fused-ring (bicyclic) bond motifs is 6. The first kappa shape index (κ1) is 17.3. The zero-order valence-electron chi connectivity index (χ0n) is 17.1. The van der Waals surface area contributed by atoms with Crippen LogP contribution in [0.3, 0.4) is 0 Å². The van der Waals surface area contributed by atoms with Gasteiger partial charge in [-0.2, -0.15) is 0 Å². The summed E-state index contributed by atoms with van der Waals surface area (Å²) in [4.78, 5) is 16.5. The van der Waals surface area contributed by atoms with E-state index in [-0.39, 0.29) is 0 Å². The van der Waals surface area contributed by atoms with E-state index in [1.165, 1.54) is 21.5 Å². The summed E-state index contributed by atoms with van der Waals surface area (Å²) >= 11 is 0. The van der Waals surface area contributed by atoms with Gasteiger partial charge in [0.1, 0.15) is 0 Å². The molecule has 3 aromatic carbocycles. The minimum Gasteiger partial charge on any atom is -0.353 e. The summed E-state index contributed by atoms with van der Waals surface area (Å²) in [5.74, 6) is 0. The van der Waals surface area contributed by atoms with E-state index in [0.717, 1.165) is 44.6 Å². The van der Waals surface area contributed by atoms with Gasteiger partial charge < -0.3 is 9.97 Å². The molecule has 0 aliphatic rings. The third-order valence-corrected chi connectivity index (χ3v) is 6.29. The van der Waals surface area contributed by atoms with Crippen molar-refractivity contribution in [2.75, 3.05) is 0 Å². The molecule has 0 amide bonds. The van der Waals surface area contributed by atoms with E-state index in [0.29, 0.717) is 0 Å². The first-order chi connectivity index (χ1) is 15.9. The fourth-order valence-electron chi connectivity index (χ4n) is 4.77. The highest BCUT2D eigenvalue weighted by molar-refractivity contribution is 6.12. The number of pyridine rings is 2. The van der Waals surface area contributed by atoms with Gasteiger partial charge in [0.2, 0.25) is 0 Å². The lowest BCUT2D eigenvalue weighted by atomic mass is 10.0. The quantitative estimate of drug-likeness (QED) is 0.320. The van der Waals surface area contributed by atoms with Crippen LogP contribution in [0.15, 0.2) is 97.3 Å². The molecule has 0 radical (unpaired) electrons. The molecule has 4 heterocycles.